The Hall–Kier alpha value is -3.40. The zero-order valence-electron chi connectivity index (χ0n) is 21.7. The van der Waals surface area contributed by atoms with Crippen LogP contribution in [0.15, 0.2) is 64.2 Å². The summed E-state index contributed by atoms with van der Waals surface area (Å²) < 4.78 is 18.3. The smallest absolute Gasteiger partial charge is 0.355 e. The van der Waals surface area contributed by atoms with E-state index in [0.717, 1.165) is 25.7 Å². The molecule has 1 aromatic heterocycles. The third-order valence-electron chi connectivity index (χ3n) is 5.79. The lowest BCUT2D eigenvalue weighted by Crippen LogP contribution is -2.25. The first-order chi connectivity index (χ1) is 18.7. The Morgan fingerprint density at radius 1 is 1.10 bits per heavy atom. The van der Waals surface area contributed by atoms with E-state index in [0.29, 0.717) is 32.7 Å². The van der Waals surface area contributed by atoms with Gasteiger partial charge in [0.05, 0.1) is 18.3 Å². The van der Waals surface area contributed by atoms with Crippen LogP contribution in [0, 0.1) is 6.92 Å². The van der Waals surface area contributed by atoms with Crippen LogP contribution in [0.25, 0.3) is 10.1 Å². The molecule has 1 heterocycles. The number of hydrazone groups is 1. The summed E-state index contributed by atoms with van der Waals surface area (Å²) >= 11 is 11.2. The Balaban J connectivity index is 1.32. The van der Waals surface area contributed by atoms with Crippen molar-refractivity contribution in [1.29, 1.82) is 0 Å². The predicted octanol–water partition coefficient (Wildman–Crippen LogP) is 7.51. The highest BCUT2D eigenvalue weighted by Gasteiger charge is 2.19. The molecule has 0 unspecified atom stereocenters. The van der Waals surface area contributed by atoms with E-state index in [-0.39, 0.29) is 18.4 Å². The highest BCUT2D eigenvalue weighted by Crippen LogP contribution is 2.38. The lowest BCUT2D eigenvalue weighted by Gasteiger charge is -2.15. The molecule has 4 aromatic rings. The second-order valence-corrected chi connectivity index (χ2v) is 11.2. The fourth-order valence-corrected chi connectivity index (χ4v) is 5.45. The van der Waals surface area contributed by atoms with Gasteiger partial charge in [-0.3, -0.25) is 4.79 Å². The molecule has 0 atom stereocenters. The number of carbonyl (C=O) groups excluding carboxylic acids is 2. The number of hydrogen-bond donors (Lipinski definition) is 1. The number of esters is 1. The van der Waals surface area contributed by atoms with Gasteiger partial charge in [-0.25, -0.2) is 10.2 Å². The normalized spacial score (nSPS) is 11.3. The molecular formula is C29H26BrClN2O5S. The van der Waals surface area contributed by atoms with Crippen LogP contribution in [0.4, 0.5) is 0 Å². The molecule has 0 aliphatic heterocycles. The van der Waals surface area contributed by atoms with Crippen molar-refractivity contribution in [2.24, 2.45) is 5.10 Å². The van der Waals surface area contributed by atoms with E-state index >= 15 is 0 Å². The van der Waals surface area contributed by atoms with Crippen LogP contribution in [-0.4, -0.2) is 31.8 Å². The number of aryl methyl sites for hydroxylation is 1. The van der Waals surface area contributed by atoms with Gasteiger partial charge in [-0.15, -0.1) is 11.3 Å². The van der Waals surface area contributed by atoms with Gasteiger partial charge >= 0.3 is 5.97 Å². The Labute approximate surface area is 243 Å². The molecule has 0 fully saturated rings. The quantitative estimate of drug-likeness (QED) is 0.0897. The number of methoxy groups -OCH3 is 1. The molecular weight excluding hydrogens is 604 g/mol. The second kappa shape index (κ2) is 12.6. The number of nitrogens with one attached hydrogen (secondary N) is 1. The van der Waals surface area contributed by atoms with Gasteiger partial charge in [0, 0.05) is 14.6 Å². The Morgan fingerprint density at radius 2 is 1.82 bits per heavy atom. The van der Waals surface area contributed by atoms with Gasteiger partial charge in [0.15, 0.2) is 6.61 Å². The summed E-state index contributed by atoms with van der Waals surface area (Å²) in [6.45, 7) is 5.93. The third-order valence-corrected chi connectivity index (χ3v) is 8.28. The molecule has 202 valence electrons. The molecule has 10 heteroatoms. The van der Waals surface area contributed by atoms with Gasteiger partial charge in [-0.2, -0.15) is 5.10 Å². The first-order valence-corrected chi connectivity index (χ1v) is 14.0. The second-order valence-electron chi connectivity index (χ2n) is 8.94. The first-order valence-electron chi connectivity index (χ1n) is 12.0. The lowest BCUT2D eigenvalue weighted by molar-refractivity contribution is -0.123. The number of rotatable bonds is 9. The fraction of sp³-hybridized carbons (Fsp3) is 0.207. The van der Waals surface area contributed by atoms with E-state index in [1.54, 1.807) is 37.4 Å². The monoisotopic (exact) mass is 628 g/mol. The third kappa shape index (κ3) is 6.98. The van der Waals surface area contributed by atoms with E-state index < -0.39 is 5.97 Å². The molecule has 4 rings (SSSR count). The van der Waals surface area contributed by atoms with E-state index in [2.05, 4.69) is 40.3 Å². The van der Waals surface area contributed by atoms with Gasteiger partial charge in [0.2, 0.25) is 0 Å². The number of amides is 1. The largest absolute Gasteiger partial charge is 0.497 e. The number of carbonyl (C=O) groups is 2. The highest BCUT2D eigenvalue weighted by atomic mass is 79.9. The Kier molecular flexibility index (Phi) is 9.27. The molecule has 0 aliphatic carbocycles. The summed E-state index contributed by atoms with van der Waals surface area (Å²) in [5, 5.41) is 5.10. The van der Waals surface area contributed by atoms with Crippen LogP contribution >= 0.6 is 38.9 Å². The van der Waals surface area contributed by atoms with Gasteiger partial charge in [0.25, 0.3) is 5.91 Å². The summed E-state index contributed by atoms with van der Waals surface area (Å²) in [5.74, 6) is 1.02. The average molecular weight is 630 g/mol. The number of benzene rings is 3. The topological polar surface area (TPSA) is 86.2 Å². The van der Waals surface area contributed by atoms with E-state index in [9.17, 15) is 9.59 Å². The molecule has 0 saturated carbocycles. The standard InChI is InChI=1S/C29H26BrClN2O5S/c1-16(2)22-13-23(30)17(3)11-24(22)37-15-26(34)33-32-14-18-5-7-19(8-6-18)38-29(35)28-27(31)21-10-9-20(36-4)12-25(21)39-28/h5-14,16H,15H2,1-4H3,(H,33,34)/b32-14+. The minimum absolute atomic E-state index is 0.167. The number of ether oxygens (including phenoxy) is 3. The SMILES string of the molecule is COc1ccc2c(Cl)c(C(=O)Oc3ccc(/C=N/NC(=O)COc4cc(C)c(Br)cc4C(C)C)cc3)sc2c1. The molecule has 1 amide bonds. The number of halogens is 2. The van der Waals surface area contributed by atoms with Gasteiger partial charge in [-0.1, -0.05) is 41.4 Å². The van der Waals surface area contributed by atoms with Crippen molar-refractivity contribution >= 4 is 67.0 Å². The first kappa shape index (κ1) is 28.6. The zero-order valence-corrected chi connectivity index (χ0v) is 24.9. The van der Waals surface area contributed by atoms with E-state index in [4.69, 9.17) is 25.8 Å². The average Bonchev–Trinajstić information content (AvgIpc) is 3.25. The van der Waals surface area contributed by atoms with Crippen molar-refractivity contribution in [3.05, 3.63) is 85.7 Å². The van der Waals surface area contributed by atoms with Crippen LogP contribution < -0.4 is 19.6 Å². The van der Waals surface area contributed by atoms with Crippen molar-refractivity contribution < 1.29 is 23.8 Å². The zero-order chi connectivity index (χ0) is 28.1. The van der Waals surface area contributed by atoms with Crippen LogP contribution in [0.3, 0.4) is 0 Å². The molecule has 1 N–H and O–H groups in total. The minimum atomic E-state index is -0.546. The maximum atomic E-state index is 12.7. The van der Waals surface area contributed by atoms with Gasteiger partial charge in [-0.05, 0) is 84.1 Å². The Bertz CT molecular complexity index is 1550. The highest BCUT2D eigenvalue weighted by molar-refractivity contribution is 9.10. The van der Waals surface area contributed by atoms with Crippen molar-refractivity contribution in [3.8, 4) is 17.2 Å². The van der Waals surface area contributed by atoms with Crippen molar-refractivity contribution in [3.63, 3.8) is 0 Å². The molecule has 0 aliphatic rings. The summed E-state index contributed by atoms with van der Waals surface area (Å²) in [4.78, 5) is 25.3. The fourth-order valence-electron chi connectivity index (χ4n) is 3.68. The summed E-state index contributed by atoms with van der Waals surface area (Å²) in [6, 6.07) is 16.1. The molecule has 3 aromatic carbocycles. The number of fused-ring (bicyclic) bond motifs is 1. The molecule has 0 saturated heterocycles. The van der Waals surface area contributed by atoms with Crippen molar-refractivity contribution in [2.45, 2.75) is 26.7 Å². The van der Waals surface area contributed by atoms with E-state index in [1.165, 1.54) is 17.6 Å². The number of nitrogens with zero attached hydrogens (tertiary/aromatic N) is 1. The molecule has 7 nitrogen and oxygen atoms in total. The van der Waals surface area contributed by atoms with Crippen molar-refractivity contribution in [1.82, 2.24) is 5.43 Å². The number of hydrogen-bond acceptors (Lipinski definition) is 7. The maximum Gasteiger partial charge on any atom is 0.355 e. The van der Waals surface area contributed by atoms with Crippen LogP contribution in [0.2, 0.25) is 5.02 Å². The lowest BCUT2D eigenvalue weighted by atomic mass is 10.0. The molecule has 39 heavy (non-hydrogen) atoms. The molecule has 0 bridgehead atoms. The van der Waals surface area contributed by atoms with Crippen molar-refractivity contribution in [2.75, 3.05) is 13.7 Å². The predicted molar refractivity (Wildman–Crippen MR) is 159 cm³/mol. The van der Waals surface area contributed by atoms with Gasteiger partial charge in [0.1, 0.15) is 22.1 Å². The maximum absolute atomic E-state index is 12.7. The summed E-state index contributed by atoms with van der Waals surface area (Å²) in [6.07, 6.45) is 1.49. The van der Waals surface area contributed by atoms with Crippen LogP contribution in [0.5, 0.6) is 17.2 Å². The minimum Gasteiger partial charge on any atom is -0.497 e. The Morgan fingerprint density at radius 3 is 2.51 bits per heavy atom. The summed E-state index contributed by atoms with van der Waals surface area (Å²) in [7, 11) is 1.58. The molecule has 0 radical (unpaired) electrons. The van der Waals surface area contributed by atoms with E-state index in [1.807, 2.05) is 31.2 Å². The van der Waals surface area contributed by atoms with Gasteiger partial charge < -0.3 is 14.2 Å². The summed E-state index contributed by atoms with van der Waals surface area (Å²) in [5.41, 5.74) is 5.20. The number of thiophene rings is 1. The van der Waals surface area contributed by atoms with Crippen LogP contribution in [0.1, 0.15) is 46.1 Å². The van der Waals surface area contributed by atoms with Crippen LogP contribution in [-0.2, 0) is 4.79 Å². The molecule has 0 spiro atoms.